The average Bonchev–Trinajstić information content (AvgIpc) is 2.79. The highest BCUT2D eigenvalue weighted by Gasteiger charge is 2.42. The second-order valence-corrected chi connectivity index (χ2v) is 5.35. The molecule has 0 aliphatic carbocycles. The van der Waals surface area contributed by atoms with Crippen molar-refractivity contribution in [2.75, 3.05) is 14.2 Å². The normalized spacial score (nSPS) is 21.1. The molecule has 1 unspecified atom stereocenters. The molecule has 0 spiro atoms. The first-order chi connectivity index (χ1) is 9.20. The average molecular weight is 280 g/mol. The molecule has 1 aliphatic rings. The molecular weight excluding hydrogens is 256 g/mol. The predicted octanol–water partition coefficient (Wildman–Crippen LogP) is 1.67. The summed E-state index contributed by atoms with van der Waals surface area (Å²) in [5.41, 5.74) is 2.66. The molecule has 112 valence electrons. The van der Waals surface area contributed by atoms with Gasteiger partial charge in [0.25, 0.3) is 0 Å². The van der Waals surface area contributed by atoms with Gasteiger partial charge in [0.2, 0.25) is 0 Å². The van der Waals surface area contributed by atoms with Crippen molar-refractivity contribution in [3.8, 4) is 0 Å². The van der Waals surface area contributed by atoms with Crippen LogP contribution in [0.15, 0.2) is 11.2 Å². The molecule has 6 heteroatoms. The zero-order valence-corrected chi connectivity index (χ0v) is 13.4. The van der Waals surface area contributed by atoms with Crippen LogP contribution in [0.5, 0.6) is 0 Å². The summed E-state index contributed by atoms with van der Waals surface area (Å²) < 4.78 is 6.57. The van der Waals surface area contributed by atoms with Crippen molar-refractivity contribution in [3.63, 3.8) is 0 Å². The summed E-state index contributed by atoms with van der Waals surface area (Å²) in [5.74, 6) is -0.231. The van der Waals surface area contributed by atoms with Crippen LogP contribution in [-0.2, 0) is 16.6 Å². The van der Waals surface area contributed by atoms with Gasteiger partial charge in [-0.15, -0.1) is 0 Å². The van der Waals surface area contributed by atoms with Crippen molar-refractivity contribution in [2.24, 2.45) is 12.1 Å². The van der Waals surface area contributed by atoms with Crippen LogP contribution in [0.1, 0.15) is 31.7 Å². The number of hydrogen-bond donors (Lipinski definition) is 0. The summed E-state index contributed by atoms with van der Waals surface area (Å²) in [4.78, 5) is 11.4. The largest absolute Gasteiger partial charge is 0.467 e. The van der Waals surface area contributed by atoms with Gasteiger partial charge < -0.3 is 4.74 Å². The van der Waals surface area contributed by atoms with Crippen LogP contribution in [0.3, 0.4) is 0 Å². The Kier molecular flexibility index (Phi) is 4.92. The van der Waals surface area contributed by atoms with Gasteiger partial charge in [-0.3, -0.25) is 9.69 Å². The van der Waals surface area contributed by atoms with E-state index in [1.54, 1.807) is 12.1 Å². The zero-order valence-electron chi connectivity index (χ0n) is 13.4. The van der Waals surface area contributed by atoms with Crippen LogP contribution in [0.2, 0.25) is 0 Å². The molecule has 1 aliphatic heterocycles. The number of likely N-dealkylation sites (N-methyl/N-ethyl adjacent to an activating group) is 1. The quantitative estimate of drug-likeness (QED) is 0.734. The molecule has 0 amide bonds. The number of nitrogens with zero attached hydrogens (tertiary/aromatic N) is 4. The van der Waals surface area contributed by atoms with Crippen molar-refractivity contribution < 1.29 is 9.53 Å². The summed E-state index contributed by atoms with van der Waals surface area (Å²) in [5, 5.41) is 9.95. The molecule has 20 heavy (non-hydrogen) atoms. The highest BCUT2D eigenvalue weighted by molar-refractivity contribution is 5.93. The minimum absolute atomic E-state index is 0.231. The molecule has 0 saturated heterocycles. The zero-order chi connectivity index (χ0) is 15.5. The standard InChI is InChI=1S/C8H14N2O2.C6H10N2/c1-6-5-8(2,7(11)12-4)10(3)9-6;1-5-4-6(2)8(3)7-5/h5H2,1-4H3;4H,1-3H3. The summed E-state index contributed by atoms with van der Waals surface area (Å²) in [6.07, 6.45) is 0.649. The van der Waals surface area contributed by atoms with Gasteiger partial charge in [0, 0.05) is 31.9 Å². The smallest absolute Gasteiger partial charge is 0.333 e. The summed E-state index contributed by atoms with van der Waals surface area (Å²) in [6.45, 7) is 7.77. The first-order valence-corrected chi connectivity index (χ1v) is 6.54. The molecule has 0 aromatic carbocycles. The number of ether oxygens (including phenoxy) is 1. The fourth-order valence-electron chi connectivity index (χ4n) is 2.18. The summed E-state index contributed by atoms with van der Waals surface area (Å²) in [6, 6.07) is 2.06. The van der Waals surface area contributed by atoms with Gasteiger partial charge in [-0.25, -0.2) is 4.79 Å². The molecule has 6 nitrogen and oxygen atoms in total. The van der Waals surface area contributed by atoms with Gasteiger partial charge in [0.1, 0.15) is 0 Å². The fourth-order valence-corrected chi connectivity index (χ4v) is 2.18. The highest BCUT2D eigenvalue weighted by atomic mass is 16.5. The van der Waals surface area contributed by atoms with E-state index in [2.05, 4.69) is 16.3 Å². The van der Waals surface area contributed by atoms with Crippen molar-refractivity contribution in [3.05, 3.63) is 17.5 Å². The maximum absolute atomic E-state index is 11.4. The predicted molar refractivity (Wildman–Crippen MR) is 78.6 cm³/mol. The van der Waals surface area contributed by atoms with E-state index in [1.807, 2.05) is 39.4 Å². The van der Waals surface area contributed by atoms with Crippen molar-refractivity contribution >= 4 is 11.7 Å². The van der Waals surface area contributed by atoms with Crippen LogP contribution >= 0.6 is 0 Å². The second-order valence-electron chi connectivity index (χ2n) is 5.35. The topological polar surface area (TPSA) is 59.7 Å². The summed E-state index contributed by atoms with van der Waals surface area (Å²) in [7, 11) is 5.13. The number of aromatic nitrogens is 2. The number of hydrogen-bond acceptors (Lipinski definition) is 5. The monoisotopic (exact) mass is 280 g/mol. The van der Waals surface area contributed by atoms with E-state index in [0.717, 1.165) is 11.4 Å². The first-order valence-electron chi connectivity index (χ1n) is 6.54. The van der Waals surface area contributed by atoms with Crippen LogP contribution in [-0.4, -0.2) is 46.2 Å². The Morgan fingerprint density at radius 1 is 1.35 bits per heavy atom. The van der Waals surface area contributed by atoms with Gasteiger partial charge in [-0.1, -0.05) is 0 Å². The van der Waals surface area contributed by atoms with Crippen LogP contribution in [0.4, 0.5) is 0 Å². The number of rotatable bonds is 1. The number of aryl methyl sites for hydroxylation is 3. The van der Waals surface area contributed by atoms with E-state index in [1.165, 1.54) is 12.8 Å². The molecule has 1 aromatic heterocycles. The lowest BCUT2D eigenvalue weighted by atomic mass is 9.97. The Morgan fingerprint density at radius 2 is 1.95 bits per heavy atom. The Balaban J connectivity index is 0.000000217. The van der Waals surface area contributed by atoms with Crippen LogP contribution in [0.25, 0.3) is 0 Å². The number of hydrazone groups is 1. The fraction of sp³-hybridized carbons (Fsp3) is 0.643. The number of carbonyl (C=O) groups is 1. The van der Waals surface area contributed by atoms with Crippen LogP contribution in [0, 0.1) is 13.8 Å². The van der Waals surface area contributed by atoms with Gasteiger partial charge in [0.05, 0.1) is 12.8 Å². The summed E-state index contributed by atoms with van der Waals surface area (Å²) >= 11 is 0. The minimum atomic E-state index is -0.598. The third kappa shape index (κ3) is 3.37. The van der Waals surface area contributed by atoms with E-state index in [0.29, 0.717) is 6.42 Å². The molecule has 0 fully saturated rings. The van der Waals surface area contributed by atoms with Gasteiger partial charge in [-0.2, -0.15) is 10.2 Å². The van der Waals surface area contributed by atoms with Crippen molar-refractivity contribution in [1.29, 1.82) is 0 Å². The SMILES string of the molecule is COC(=O)C1(C)CC(C)=NN1C.Cc1cc(C)n(C)n1. The van der Waals surface area contributed by atoms with Gasteiger partial charge in [0.15, 0.2) is 5.54 Å². The first kappa shape index (κ1) is 16.2. The molecule has 2 heterocycles. The lowest BCUT2D eigenvalue weighted by Gasteiger charge is -2.27. The molecule has 1 atom stereocenters. The third-order valence-corrected chi connectivity index (χ3v) is 3.50. The van der Waals surface area contributed by atoms with E-state index < -0.39 is 5.54 Å². The number of methoxy groups -OCH3 is 1. The Hall–Kier alpha value is -1.85. The number of esters is 1. The lowest BCUT2D eigenvalue weighted by molar-refractivity contribution is -0.152. The van der Waals surface area contributed by atoms with Gasteiger partial charge in [-0.05, 0) is 33.8 Å². The van der Waals surface area contributed by atoms with E-state index >= 15 is 0 Å². The Labute approximate surface area is 120 Å². The molecule has 0 bridgehead atoms. The second kappa shape index (κ2) is 6.07. The van der Waals surface area contributed by atoms with Gasteiger partial charge >= 0.3 is 5.97 Å². The molecule has 0 radical (unpaired) electrons. The highest BCUT2D eigenvalue weighted by Crippen LogP contribution is 2.26. The maximum atomic E-state index is 11.4. The molecule has 2 rings (SSSR count). The lowest BCUT2D eigenvalue weighted by Crippen LogP contribution is -2.45. The van der Waals surface area contributed by atoms with E-state index in [9.17, 15) is 4.79 Å². The minimum Gasteiger partial charge on any atom is -0.467 e. The van der Waals surface area contributed by atoms with Crippen LogP contribution < -0.4 is 0 Å². The third-order valence-electron chi connectivity index (χ3n) is 3.50. The van der Waals surface area contributed by atoms with Crippen molar-refractivity contribution in [1.82, 2.24) is 14.8 Å². The molecule has 1 aromatic rings. The Bertz CT molecular complexity index is 502. The van der Waals surface area contributed by atoms with Crippen molar-refractivity contribution in [2.45, 2.75) is 39.7 Å². The molecular formula is C14H24N4O2. The molecule has 0 N–H and O–H groups in total. The molecule has 0 saturated carbocycles. The maximum Gasteiger partial charge on any atom is 0.333 e. The number of carbonyl (C=O) groups excluding carboxylic acids is 1. The van der Waals surface area contributed by atoms with E-state index in [4.69, 9.17) is 4.74 Å². The van der Waals surface area contributed by atoms with E-state index in [-0.39, 0.29) is 5.97 Å². The Morgan fingerprint density at radius 3 is 2.20 bits per heavy atom.